The average Bonchev–Trinajstić information content (AvgIpc) is 3.33. The van der Waals surface area contributed by atoms with Gasteiger partial charge in [0, 0.05) is 55.0 Å². The Hall–Kier alpha value is -3.90. The van der Waals surface area contributed by atoms with Crippen LogP contribution in [0.3, 0.4) is 0 Å². The maximum atomic E-state index is 12.1. The molecule has 35 heavy (non-hydrogen) atoms. The number of piperidine rings is 1. The van der Waals surface area contributed by atoms with Gasteiger partial charge in [-0.1, -0.05) is 17.0 Å². The molecule has 3 aromatic rings. The van der Waals surface area contributed by atoms with E-state index in [1.807, 2.05) is 34.9 Å². The number of carboxylic acids is 1. The third kappa shape index (κ3) is 4.98. The summed E-state index contributed by atoms with van der Waals surface area (Å²) in [5.74, 6) is 7.88. The van der Waals surface area contributed by atoms with Gasteiger partial charge in [-0.2, -0.15) is 0 Å². The van der Waals surface area contributed by atoms with Crippen LogP contribution in [0.4, 0.5) is 0 Å². The summed E-state index contributed by atoms with van der Waals surface area (Å²) in [7, 11) is 0. The molecule has 0 spiro atoms. The Morgan fingerprint density at radius 2 is 1.94 bits per heavy atom. The molecule has 1 saturated carbocycles. The number of amides is 1. The average molecular weight is 475 g/mol. The van der Waals surface area contributed by atoms with Crippen LogP contribution >= 0.6 is 0 Å². The quantitative estimate of drug-likeness (QED) is 0.505. The molecule has 1 aliphatic heterocycles. The van der Waals surface area contributed by atoms with E-state index in [4.69, 9.17) is 9.63 Å². The van der Waals surface area contributed by atoms with Crippen molar-refractivity contribution in [2.24, 2.45) is 17.8 Å². The lowest BCUT2D eigenvalue weighted by Gasteiger charge is -2.18. The molecule has 9 nitrogen and oxygen atoms in total. The number of carbonyl (C=O) groups is 2. The van der Waals surface area contributed by atoms with E-state index in [-0.39, 0.29) is 18.7 Å². The highest BCUT2D eigenvalue weighted by atomic mass is 16.5. The van der Waals surface area contributed by atoms with Gasteiger partial charge < -0.3 is 24.2 Å². The Bertz CT molecular complexity index is 1280. The summed E-state index contributed by atoms with van der Waals surface area (Å²) in [6, 6.07) is 9.67. The zero-order valence-corrected chi connectivity index (χ0v) is 19.3. The van der Waals surface area contributed by atoms with Crippen molar-refractivity contribution in [1.29, 1.82) is 0 Å². The van der Waals surface area contributed by atoms with E-state index < -0.39 is 12.1 Å². The highest BCUT2D eigenvalue weighted by Crippen LogP contribution is 2.51. The predicted octanol–water partition coefficient (Wildman–Crippen LogP) is 2.56. The standard InChI is InChI=1S/C26H26N4O5/c1-16(31)26-27-10-11-29(26)13-19-12-23(35-28-19)18-5-2-17(3-6-18)4-7-20-21-14-30(15-22(20)21)24(32)8-9-25(33)34/h2-3,5-6,10-12,16,20-22,31H,8-9,13-15H2,1H3,(H,33,34)/t16-,20-,21-,22+/m0/s1. The lowest BCUT2D eigenvalue weighted by atomic mass is 10.1. The number of carboxylic acid groups (broad SMARTS) is 1. The molecule has 1 saturated heterocycles. The van der Waals surface area contributed by atoms with E-state index >= 15 is 0 Å². The van der Waals surface area contributed by atoms with Crippen LogP contribution < -0.4 is 0 Å². The molecule has 1 aromatic carbocycles. The summed E-state index contributed by atoms with van der Waals surface area (Å²) >= 11 is 0. The lowest BCUT2D eigenvalue weighted by molar-refractivity contribution is -0.140. The van der Waals surface area contributed by atoms with E-state index in [9.17, 15) is 14.7 Å². The molecule has 5 rings (SSSR count). The Morgan fingerprint density at radius 1 is 1.20 bits per heavy atom. The number of benzene rings is 1. The number of hydrogen-bond acceptors (Lipinski definition) is 6. The SMILES string of the molecule is C[C@H](O)c1nccn1Cc1cc(-c2ccc(C#C[C@@H]3[C@H]4CN(C(=O)CCC(=O)O)C[C@@H]34)cc2)on1. The molecule has 4 atom stereocenters. The molecule has 0 unspecified atom stereocenters. The lowest BCUT2D eigenvalue weighted by Crippen LogP contribution is -2.31. The molecule has 180 valence electrons. The molecule has 0 bridgehead atoms. The van der Waals surface area contributed by atoms with Crippen LogP contribution in [0.25, 0.3) is 11.3 Å². The van der Waals surface area contributed by atoms with E-state index in [0.29, 0.717) is 49.0 Å². The van der Waals surface area contributed by atoms with Gasteiger partial charge in [-0.15, -0.1) is 0 Å². The molecule has 2 N–H and O–H groups in total. The van der Waals surface area contributed by atoms with Crippen molar-refractivity contribution in [3.8, 4) is 23.2 Å². The number of nitrogens with zero attached hydrogens (tertiary/aromatic N) is 4. The number of fused-ring (bicyclic) bond motifs is 1. The van der Waals surface area contributed by atoms with Crippen molar-refractivity contribution in [1.82, 2.24) is 19.6 Å². The van der Waals surface area contributed by atoms with Crippen LogP contribution in [-0.4, -0.2) is 54.8 Å². The molecule has 1 amide bonds. The first-order valence-corrected chi connectivity index (χ1v) is 11.7. The fourth-order valence-electron chi connectivity index (χ4n) is 4.72. The van der Waals surface area contributed by atoms with E-state index in [1.165, 1.54) is 0 Å². The highest BCUT2D eigenvalue weighted by molar-refractivity contribution is 5.81. The van der Waals surface area contributed by atoms with E-state index in [0.717, 1.165) is 16.8 Å². The number of aliphatic carboxylic acids is 1. The Labute approximate surface area is 202 Å². The van der Waals surface area contributed by atoms with Gasteiger partial charge in [-0.3, -0.25) is 9.59 Å². The Morgan fingerprint density at radius 3 is 2.63 bits per heavy atom. The first kappa shape index (κ1) is 22.9. The summed E-state index contributed by atoms with van der Waals surface area (Å²) in [6.45, 7) is 3.48. The van der Waals surface area contributed by atoms with Crippen LogP contribution in [0, 0.1) is 29.6 Å². The number of likely N-dealkylation sites (tertiary alicyclic amines) is 1. The van der Waals surface area contributed by atoms with Crippen LogP contribution in [0.5, 0.6) is 0 Å². The van der Waals surface area contributed by atoms with E-state index in [1.54, 1.807) is 24.2 Å². The monoisotopic (exact) mass is 474 g/mol. The van der Waals surface area contributed by atoms with Gasteiger partial charge in [-0.25, -0.2) is 4.98 Å². The number of imidazole rings is 1. The molecule has 2 aliphatic rings. The first-order chi connectivity index (χ1) is 16.9. The number of carbonyl (C=O) groups excluding carboxylic acids is 1. The van der Waals surface area contributed by atoms with Crippen LogP contribution in [0.15, 0.2) is 47.2 Å². The number of aliphatic hydroxyl groups is 1. The minimum absolute atomic E-state index is 0.0661. The van der Waals surface area contributed by atoms with Gasteiger partial charge in [-0.05, 0) is 43.0 Å². The summed E-state index contributed by atoms with van der Waals surface area (Å²) < 4.78 is 7.35. The second-order valence-electron chi connectivity index (χ2n) is 9.16. The summed E-state index contributed by atoms with van der Waals surface area (Å²) in [6.07, 6.45) is 2.73. The number of aromatic nitrogens is 3. The predicted molar refractivity (Wildman–Crippen MR) is 125 cm³/mol. The minimum Gasteiger partial charge on any atom is -0.481 e. The number of hydrogen-bond donors (Lipinski definition) is 2. The van der Waals surface area contributed by atoms with E-state index in [2.05, 4.69) is 22.0 Å². The van der Waals surface area contributed by atoms with Gasteiger partial charge >= 0.3 is 5.97 Å². The third-order valence-corrected chi connectivity index (χ3v) is 6.66. The molecule has 1 aliphatic carbocycles. The smallest absolute Gasteiger partial charge is 0.303 e. The second kappa shape index (κ2) is 9.39. The maximum Gasteiger partial charge on any atom is 0.303 e. The summed E-state index contributed by atoms with van der Waals surface area (Å²) in [4.78, 5) is 28.7. The topological polar surface area (TPSA) is 122 Å². The van der Waals surface area contributed by atoms with Crippen molar-refractivity contribution in [3.05, 3.63) is 59.8 Å². The van der Waals surface area contributed by atoms with Crippen LogP contribution in [0.2, 0.25) is 0 Å². The largest absolute Gasteiger partial charge is 0.481 e. The Kier molecular flexibility index (Phi) is 6.14. The van der Waals surface area contributed by atoms with Crippen molar-refractivity contribution >= 4 is 11.9 Å². The summed E-state index contributed by atoms with van der Waals surface area (Å²) in [5, 5.41) is 22.7. The zero-order valence-electron chi connectivity index (χ0n) is 19.3. The van der Waals surface area contributed by atoms with Gasteiger partial charge in [0.25, 0.3) is 0 Å². The fraction of sp³-hybridized carbons (Fsp3) is 0.385. The maximum absolute atomic E-state index is 12.1. The molecule has 0 radical (unpaired) electrons. The number of rotatable bonds is 7. The first-order valence-electron chi connectivity index (χ1n) is 11.7. The van der Waals surface area contributed by atoms with Crippen molar-refractivity contribution in [2.45, 2.75) is 32.4 Å². The van der Waals surface area contributed by atoms with Gasteiger partial charge in [0.1, 0.15) is 17.6 Å². The van der Waals surface area contributed by atoms with Crippen molar-refractivity contribution in [3.63, 3.8) is 0 Å². The molecule has 3 heterocycles. The zero-order chi connectivity index (χ0) is 24.5. The third-order valence-electron chi connectivity index (χ3n) is 6.66. The minimum atomic E-state index is -0.943. The van der Waals surface area contributed by atoms with Crippen LogP contribution in [0.1, 0.15) is 43.0 Å². The van der Waals surface area contributed by atoms with Gasteiger partial charge in [0.05, 0.1) is 13.0 Å². The normalized spacial score (nSPS) is 21.2. The fourth-order valence-corrected chi connectivity index (χ4v) is 4.72. The van der Waals surface area contributed by atoms with Crippen LogP contribution in [-0.2, 0) is 16.1 Å². The second-order valence-corrected chi connectivity index (χ2v) is 9.16. The molecular weight excluding hydrogens is 448 g/mol. The Balaban J connectivity index is 1.15. The number of aliphatic hydroxyl groups excluding tert-OH is 1. The van der Waals surface area contributed by atoms with Crippen molar-refractivity contribution in [2.75, 3.05) is 13.1 Å². The van der Waals surface area contributed by atoms with Gasteiger partial charge in [0.15, 0.2) is 5.76 Å². The molecule has 2 aromatic heterocycles. The summed E-state index contributed by atoms with van der Waals surface area (Å²) in [5.41, 5.74) is 2.54. The van der Waals surface area contributed by atoms with Crippen molar-refractivity contribution < 1.29 is 24.3 Å². The molecular formula is C26H26N4O5. The highest BCUT2D eigenvalue weighted by Gasteiger charge is 2.55. The van der Waals surface area contributed by atoms with Gasteiger partial charge in [0.2, 0.25) is 5.91 Å². The molecule has 2 fully saturated rings. The molecule has 9 heteroatoms.